The number of hydrogen-bond donors (Lipinski definition) is 2. The molecule has 0 aliphatic heterocycles. The molecule has 2 aromatic heterocycles. The smallest absolute Gasteiger partial charge is 0.305 e. The number of nitrogens with zero attached hydrogens (tertiary/aromatic N) is 3. The van der Waals surface area contributed by atoms with Crippen molar-refractivity contribution in [2.45, 2.75) is 26.7 Å². The zero-order valence-corrected chi connectivity index (χ0v) is 17.5. The highest BCUT2D eigenvalue weighted by Crippen LogP contribution is 2.20. The number of rotatable bonds is 6. The molecule has 2 N–H and O–H groups in total. The largest absolute Gasteiger partial charge is 0.469 e. The van der Waals surface area contributed by atoms with Crippen LogP contribution in [0.5, 0.6) is 0 Å². The van der Waals surface area contributed by atoms with Gasteiger partial charge in [0.2, 0.25) is 0 Å². The van der Waals surface area contributed by atoms with E-state index in [0.717, 1.165) is 22.6 Å². The van der Waals surface area contributed by atoms with Crippen LogP contribution in [0, 0.1) is 13.8 Å². The number of methoxy groups -OCH3 is 1. The van der Waals surface area contributed by atoms with Gasteiger partial charge in [0.1, 0.15) is 5.69 Å². The number of ether oxygens (including phenoxy) is 1. The third-order valence-electron chi connectivity index (χ3n) is 4.81. The number of amides is 2. The summed E-state index contributed by atoms with van der Waals surface area (Å²) < 4.78 is 6.48. The molecule has 160 valence electrons. The van der Waals surface area contributed by atoms with Gasteiger partial charge in [0.05, 0.1) is 18.5 Å². The van der Waals surface area contributed by atoms with Crippen LogP contribution in [0.15, 0.2) is 48.7 Å². The Labute approximate surface area is 179 Å². The van der Waals surface area contributed by atoms with Crippen molar-refractivity contribution < 1.29 is 19.1 Å². The van der Waals surface area contributed by atoms with Crippen LogP contribution >= 0.6 is 0 Å². The molecule has 31 heavy (non-hydrogen) atoms. The van der Waals surface area contributed by atoms with Crippen LogP contribution in [0.1, 0.15) is 44.2 Å². The number of carbonyl (C=O) groups is 3. The van der Waals surface area contributed by atoms with Crippen molar-refractivity contribution in [2.75, 3.05) is 7.11 Å². The first-order valence-electron chi connectivity index (χ1n) is 9.64. The van der Waals surface area contributed by atoms with Gasteiger partial charge in [-0.1, -0.05) is 6.07 Å². The van der Waals surface area contributed by atoms with Gasteiger partial charge in [-0.3, -0.25) is 30.2 Å². The molecular formula is C22H23N5O4. The molecule has 0 saturated heterocycles. The summed E-state index contributed by atoms with van der Waals surface area (Å²) in [6, 6.07) is 11.7. The highest BCUT2D eigenvalue weighted by Gasteiger charge is 2.15. The number of pyridine rings is 1. The molecule has 3 rings (SSSR count). The summed E-state index contributed by atoms with van der Waals surface area (Å²) in [5.41, 5.74) is 8.80. The minimum Gasteiger partial charge on any atom is -0.469 e. The number of esters is 1. The third-order valence-corrected chi connectivity index (χ3v) is 4.81. The van der Waals surface area contributed by atoms with Crippen molar-refractivity contribution in [1.29, 1.82) is 0 Å². The van der Waals surface area contributed by atoms with E-state index >= 15 is 0 Å². The van der Waals surface area contributed by atoms with Crippen LogP contribution in [-0.2, 0) is 16.0 Å². The van der Waals surface area contributed by atoms with Crippen LogP contribution in [-0.4, -0.2) is 39.7 Å². The number of aromatic nitrogens is 3. The standard InChI is InChI=1S/C22H23N5O4/c1-14-18(11-12-20(28)31-3)15(2)27(26-14)17-9-7-16(8-10-17)21(29)24-25-22(30)19-6-4-5-13-23-19/h4-10,13H,11-12H2,1-3H3,(H,24,29)(H,25,30). The average molecular weight is 421 g/mol. The maximum Gasteiger partial charge on any atom is 0.305 e. The Balaban J connectivity index is 1.66. The number of hydrazine groups is 1. The Morgan fingerprint density at radius 3 is 2.35 bits per heavy atom. The number of carbonyl (C=O) groups excluding carboxylic acids is 3. The van der Waals surface area contributed by atoms with Crippen molar-refractivity contribution in [3.8, 4) is 5.69 Å². The van der Waals surface area contributed by atoms with Crippen LogP contribution in [0.25, 0.3) is 5.69 Å². The zero-order chi connectivity index (χ0) is 22.4. The second-order valence-corrected chi connectivity index (χ2v) is 6.81. The lowest BCUT2D eigenvalue weighted by molar-refractivity contribution is -0.140. The van der Waals surface area contributed by atoms with E-state index in [9.17, 15) is 14.4 Å². The fourth-order valence-electron chi connectivity index (χ4n) is 3.12. The van der Waals surface area contributed by atoms with Gasteiger partial charge < -0.3 is 4.74 Å². The summed E-state index contributed by atoms with van der Waals surface area (Å²) in [5.74, 6) is -1.23. The molecule has 0 unspecified atom stereocenters. The summed E-state index contributed by atoms with van der Waals surface area (Å²) in [5, 5.41) is 4.55. The van der Waals surface area contributed by atoms with E-state index in [2.05, 4.69) is 20.9 Å². The maximum atomic E-state index is 12.3. The molecule has 0 radical (unpaired) electrons. The molecule has 9 heteroatoms. The second-order valence-electron chi connectivity index (χ2n) is 6.81. The molecule has 0 aliphatic rings. The fourth-order valence-corrected chi connectivity index (χ4v) is 3.12. The Hall–Kier alpha value is -4.01. The van der Waals surface area contributed by atoms with Gasteiger partial charge in [-0.15, -0.1) is 0 Å². The minimum absolute atomic E-state index is 0.200. The summed E-state index contributed by atoms with van der Waals surface area (Å²) in [4.78, 5) is 39.7. The Bertz CT molecular complexity index is 1090. The molecule has 0 spiro atoms. The van der Waals surface area contributed by atoms with Crippen LogP contribution < -0.4 is 10.9 Å². The molecule has 0 fully saturated rings. The summed E-state index contributed by atoms with van der Waals surface area (Å²) in [6.07, 6.45) is 2.32. The average Bonchev–Trinajstić information content (AvgIpc) is 3.09. The molecule has 0 bridgehead atoms. The van der Waals surface area contributed by atoms with Gasteiger partial charge in [-0.25, -0.2) is 4.68 Å². The maximum absolute atomic E-state index is 12.3. The third kappa shape index (κ3) is 5.13. The van der Waals surface area contributed by atoms with Gasteiger partial charge in [0.15, 0.2) is 0 Å². The van der Waals surface area contributed by atoms with Crippen LogP contribution in [0.3, 0.4) is 0 Å². The molecule has 9 nitrogen and oxygen atoms in total. The highest BCUT2D eigenvalue weighted by molar-refractivity contribution is 5.98. The molecular weight excluding hydrogens is 398 g/mol. The van der Waals surface area contributed by atoms with Crippen molar-refractivity contribution in [3.63, 3.8) is 0 Å². The van der Waals surface area contributed by atoms with Gasteiger partial charge in [-0.05, 0) is 62.2 Å². The first-order valence-corrected chi connectivity index (χ1v) is 9.64. The molecule has 0 saturated carbocycles. The normalized spacial score (nSPS) is 10.4. The second kappa shape index (κ2) is 9.66. The fraction of sp³-hybridized carbons (Fsp3) is 0.227. The van der Waals surface area contributed by atoms with E-state index in [1.165, 1.54) is 13.3 Å². The van der Waals surface area contributed by atoms with Gasteiger partial charge in [0, 0.05) is 23.9 Å². The van der Waals surface area contributed by atoms with E-state index in [-0.39, 0.29) is 18.1 Å². The number of hydrogen-bond acceptors (Lipinski definition) is 6. The van der Waals surface area contributed by atoms with Crippen molar-refractivity contribution in [2.24, 2.45) is 0 Å². The van der Waals surface area contributed by atoms with Crippen LogP contribution in [0.2, 0.25) is 0 Å². The molecule has 2 amide bonds. The quantitative estimate of drug-likeness (QED) is 0.465. The molecule has 0 atom stereocenters. The topological polar surface area (TPSA) is 115 Å². The number of nitrogens with one attached hydrogen (secondary N) is 2. The lowest BCUT2D eigenvalue weighted by Crippen LogP contribution is -2.41. The van der Waals surface area contributed by atoms with E-state index in [4.69, 9.17) is 4.74 Å². The zero-order valence-electron chi connectivity index (χ0n) is 17.5. The van der Waals surface area contributed by atoms with E-state index < -0.39 is 11.8 Å². The summed E-state index contributed by atoms with van der Waals surface area (Å²) in [7, 11) is 1.37. The van der Waals surface area contributed by atoms with Crippen molar-refractivity contribution in [3.05, 3.63) is 76.9 Å². The van der Waals surface area contributed by atoms with Crippen LogP contribution in [0.4, 0.5) is 0 Å². The molecule has 3 aromatic rings. The Kier molecular flexibility index (Phi) is 6.76. The SMILES string of the molecule is COC(=O)CCc1c(C)nn(-c2ccc(C(=O)NNC(=O)c3ccccn3)cc2)c1C. The van der Waals surface area contributed by atoms with Gasteiger partial charge >= 0.3 is 5.97 Å². The monoisotopic (exact) mass is 421 g/mol. The molecule has 2 heterocycles. The highest BCUT2D eigenvalue weighted by atomic mass is 16.5. The summed E-state index contributed by atoms with van der Waals surface area (Å²) >= 11 is 0. The first kappa shape index (κ1) is 21.7. The first-order chi connectivity index (χ1) is 14.9. The Morgan fingerprint density at radius 1 is 1.00 bits per heavy atom. The van der Waals surface area contributed by atoms with E-state index in [0.29, 0.717) is 12.0 Å². The van der Waals surface area contributed by atoms with Crippen molar-refractivity contribution in [1.82, 2.24) is 25.6 Å². The Morgan fingerprint density at radius 2 is 1.71 bits per heavy atom. The number of benzene rings is 1. The van der Waals surface area contributed by atoms with E-state index in [1.807, 2.05) is 13.8 Å². The predicted octanol–water partition coefficient (Wildman–Crippen LogP) is 2.06. The lowest BCUT2D eigenvalue weighted by atomic mass is 10.1. The van der Waals surface area contributed by atoms with E-state index in [1.54, 1.807) is 47.1 Å². The number of aryl methyl sites for hydroxylation is 1. The van der Waals surface area contributed by atoms with Crippen molar-refractivity contribution >= 4 is 17.8 Å². The van der Waals surface area contributed by atoms with Gasteiger partial charge in [-0.2, -0.15) is 5.10 Å². The molecule has 0 aliphatic carbocycles. The van der Waals surface area contributed by atoms with Gasteiger partial charge in [0.25, 0.3) is 11.8 Å². The minimum atomic E-state index is -0.507. The lowest BCUT2D eigenvalue weighted by Gasteiger charge is -2.09. The molecule has 1 aromatic carbocycles. The summed E-state index contributed by atoms with van der Waals surface area (Å²) in [6.45, 7) is 3.82. The predicted molar refractivity (Wildman–Crippen MR) is 113 cm³/mol.